The Morgan fingerprint density at radius 1 is 1.42 bits per heavy atom. The van der Waals surface area contributed by atoms with E-state index in [9.17, 15) is 13.2 Å². The molecule has 4 N–H and O–H groups in total. The topological polar surface area (TPSA) is 116 Å². The number of hydrogen-bond acceptors (Lipinski definition) is 5. The SMILES string of the molecule is N#C/C(=N\Nc1cccc(Cl)c1-n1ccc(C(F)(F)F)n1)C(=N)N. The average molecular weight is 356 g/mol. The van der Waals surface area contributed by atoms with Gasteiger partial charge in [0.25, 0.3) is 0 Å². The predicted molar refractivity (Wildman–Crippen MR) is 82.2 cm³/mol. The molecule has 0 aliphatic carbocycles. The first kappa shape index (κ1) is 17.3. The van der Waals surface area contributed by atoms with Crippen LogP contribution in [0.25, 0.3) is 5.69 Å². The highest BCUT2D eigenvalue weighted by Gasteiger charge is 2.34. The van der Waals surface area contributed by atoms with Crippen molar-refractivity contribution in [3.8, 4) is 11.8 Å². The van der Waals surface area contributed by atoms with Crippen LogP contribution in [0.15, 0.2) is 35.6 Å². The van der Waals surface area contributed by atoms with Gasteiger partial charge in [-0.1, -0.05) is 17.7 Å². The molecule has 124 valence electrons. The summed E-state index contributed by atoms with van der Waals surface area (Å²) >= 11 is 6.04. The Balaban J connectivity index is 2.47. The molecule has 0 aliphatic rings. The standard InChI is InChI=1S/C13H9ClF3N7/c14-7-2-1-3-8(21-22-9(6-18)12(19)20)11(7)24-5-4-10(23-24)13(15,16)17/h1-5,21H,(H3,19,20)/b22-9+. The zero-order valence-electron chi connectivity index (χ0n) is 11.8. The lowest BCUT2D eigenvalue weighted by Crippen LogP contribution is -2.22. The zero-order chi connectivity index (χ0) is 17.9. The summed E-state index contributed by atoms with van der Waals surface area (Å²) in [6, 6.07) is 6.85. The fourth-order valence-electron chi connectivity index (χ4n) is 1.70. The van der Waals surface area contributed by atoms with Crippen molar-refractivity contribution in [2.75, 3.05) is 5.43 Å². The molecule has 0 atom stereocenters. The van der Waals surface area contributed by atoms with Crippen LogP contribution in [0.2, 0.25) is 5.02 Å². The van der Waals surface area contributed by atoms with E-state index in [2.05, 4.69) is 15.6 Å². The number of anilines is 1. The summed E-state index contributed by atoms with van der Waals surface area (Å²) in [6.07, 6.45) is -3.50. The average Bonchev–Trinajstić information content (AvgIpc) is 2.97. The van der Waals surface area contributed by atoms with Crippen molar-refractivity contribution < 1.29 is 13.2 Å². The van der Waals surface area contributed by atoms with Crippen LogP contribution < -0.4 is 11.2 Å². The molecule has 0 aliphatic heterocycles. The van der Waals surface area contributed by atoms with Gasteiger partial charge in [-0.25, -0.2) is 4.68 Å². The molecule has 0 spiro atoms. The number of hydrazone groups is 1. The first-order valence-electron chi connectivity index (χ1n) is 6.24. The van der Waals surface area contributed by atoms with E-state index in [1.807, 2.05) is 0 Å². The van der Waals surface area contributed by atoms with Crippen molar-refractivity contribution in [2.45, 2.75) is 6.18 Å². The monoisotopic (exact) mass is 355 g/mol. The third kappa shape index (κ3) is 3.64. The van der Waals surface area contributed by atoms with Crippen molar-refractivity contribution in [2.24, 2.45) is 10.8 Å². The highest BCUT2D eigenvalue weighted by atomic mass is 35.5. The Hall–Kier alpha value is -3.06. The Morgan fingerprint density at radius 3 is 2.67 bits per heavy atom. The molecule has 0 unspecified atom stereocenters. The van der Waals surface area contributed by atoms with Gasteiger partial charge in [-0.2, -0.15) is 28.6 Å². The molecule has 1 aromatic carbocycles. The summed E-state index contributed by atoms with van der Waals surface area (Å²) in [5.41, 5.74) is 6.41. The number of alkyl halides is 3. The fourth-order valence-corrected chi connectivity index (χ4v) is 1.96. The molecule has 1 aromatic heterocycles. The van der Waals surface area contributed by atoms with Crippen molar-refractivity contribution >= 4 is 28.8 Å². The molecule has 7 nitrogen and oxygen atoms in total. The number of nitrogens with one attached hydrogen (secondary N) is 2. The predicted octanol–water partition coefficient (Wildman–Crippen LogP) is 2.77. The van der Waals surface area contributed by atoms with Gasteiger partial charge in [-0.15, -0.1) is 0 Å². The summed E-state index contributed by atoms with van der Waals surface area (Å²) in [4.78, 5) is 0. The van der Waals surface area contributed by atoms with Gasteiger partial charge in [0.15, 0.2) is 11.5 Å². The molecule has 0 saturated heterocycles. The second kappa shape index (κ2) is 6.59. The largest absolute Gasteiger partial charge is 0.435 e. The maximum absolute atomic E-state index is 12.7. The Morgan fingerprint density at radius 2 is 2.12 bits per heavy atom. The van der Waals surface area contributed by atoms with Crippen molar-refractivity contribution in [3.05, 3.63) is 41.2 Å². The molecule has 0 amide bonds. The van der Waals surface area contributed by atoms with Gasteiger partial charge in [0.05, 0.1) is 10.7 Å². The van der Waals surface area contributed by atoms with Crippen LogP contribution in [0.5, 0.6) is 0 Å². The summed E-state index contributed by atoms with van der Waals surface area (Å²) in [5, 5.41) is 23.1. The maximum atomic E-state index is 12.7. The Labute approximate surface area is 138 Å². The van der Waals surface area contributed by atoms with Crippen molar-refractivity contribution in [1.82, 2.24) is 9.78 Å². The summed E-state index contributed by atoms with van der Waals surface area (Å²) < 4.78 is 39.0. The number of halogens is 4. The first-order chi connectivity index (χ1) is 11.2. The third-order valence-electron chi connectivity index (χ3n) is 2.74. The van der Waals surface area contributed by atoms with Crippen LogP contribution in [0.4, 0.5) is 18.9 Å². The van der Waals surface area contributed by atoms with E-state index in [4.69, 9.17) is 28.0 Å². The minimum atomic E-state index is -4.60. The number of hydrogen-bond donors (Lipinski definition) is 3. The van der Waals surface area contributed by atoms with Crippen LogP contribution in [0.3, 0.4) is 0 Å². The van der Waals surface area contributed by atoms with Gasteiger partial charge in [-0.3, -0.25) is 10.8 Å². The maximum Gasteiger partial charge on any atom is 0.435 e. The number of amidine groups is 1. The lowest BCUT2D eigenvalue weighted by atomic mass is 10.2. The quantitative estimate of drug-likeness (QED) is 0.444. The Bertz CT molecular complexity index is 848. The number of benzene rings is 1. The van der Waals surface area contributed by atoms with E-state index in [0.717, 1.165) is 16.9 Å². The van der Waals surface area contributed by atoms with Crippen molar-refractivity contribution in [3.63, 3.8) is 0 Å². The number of nitrogens with zero attached hydrogens (tertiary/aromatic N) is 4. The first-order valence-corrected chi connectivity index (χ1v) is 6.61. The molecular weight excluding hydrogens is 347 g/mol. The third-order valence-corrected chi connectivity index (χ3v) is 3.05. The number of nitrogens with two attached hydrogens (primary N) is 1. The van der Waals surface area contributed by atoms with Gasteiger partial charge in [0.1, 0.15) is 11.8 Å². The minimum Gasteiger partial charge on any atom is -0.382 e. The van der Waals surface area contributed by atoms with Crippen LogP contribution in [-0.4, -0.2) is 21.3 Å². The normalized spacial score (nSPS) is 11.9. The lowest BCUT2D eigenvalue weighted by molar-refractivity contribution is -0.141. The second-order valence-corrected chi connectivity index (χ2v) is 4.78. The highest BCUT2D eigenvalue weighted by Crippen LogP contribution is 2.31. The Kier molecular flexibility index (Phi) is 4.75. The summed E-state index contributed by atoms with van der Waals surface area (Å²) in [6.45, 7) is 0. The van der Waals surface area contributed by atoms with E-state index in [1.165, 1.54) is 18.2 Å². The van der Waals surface area contributed by atoms with E-state index in [1.54, 1.807) is 6.07 Å². The van der Waals surface area contributed by atoms with Crippen LogP contribution in [-0.2, 0) is 6.18 Å². The highest BCUT2D eigenvalue weighted by molar-refractivity contribution is 6.45. The smallest absolute Gasteiger partial charge is 0.382 e. The van der Waals surface area contributed by atoms with E-state index in [-0.39, 0.29) is 16.4 Å². The van der Waals surface area contributed by atoms with Crippen LogP contribution in [0.1, 0.15) is 5.69 Å². The van der Waals surface area contributed by atoms with E-state index >= 15 is 0 Å². The van der Waals surface area contributed by atoms with Gasteiger partial charge < -0.3 is 5.73 Å². The molecule has 2 aromatic rings. The molecule has 0 saturated carbocycles. The molecule has 0 radical (unpaired) electrons. The van der Waals surface area contributed by atoms with Gasteiger partial charge in [-0.05, 0) is 18.2 Å². The van der Waals surface area contributed by atoms with Gasteiger partial charge in [0.2, 0.25) is 5.71 Å². The van der Waals surface area contributed by atoms with Gasteiger partial charge >= 0.3 is 6.18 Å². The fraction of sp³-hybridized carbons (Fsp3) is 0.0769. The zero-order valence-corrected chi connectivity index (χ0v) is 12.5. The second-order valence-electron chi connectivity index (χ2n) is 4.38. The van der Waals surface area contributed by atoms with Gasteiger partial charge in [0, 0.05) is 6.20 Å². The minimum absolute atomic E-state index is 0.0965. The summed E-state index contributed by atoms with van der Waals surface area (Å²) in [7, 11) is 0. The lowest BCUT2D eigenvalue weighted by Gasteiger charge is -2.11. The molecule has 0 fully saturated rings. The molecule has 1 heterocycles. The van der Waals surface area contributed by atoms with Crippen molar-refractivity contribution in [1.29, 1.82) is 10.7 Å². The van der Waals surface area contributed by atoms with E-state index in [0.29, 0.717) is 0 Å². The summed E-state index contributed by atoms with van der Waals surface area (Å²) in [5.74, 6) is -0.563. The van der Waals surface area contributed by atoms with Crippen LogP contribution in [0, 0.1) is 16.7 Å². The molecule has 2 rings (SSSR count). The number of rotatable bonds is 4. The van der Waals surface area contributed by atoms with E-state index < -0.39 is 23.4 Å². The molecular formula is C13H9ClF3N7. The molecule has 11 heteroatoms. The number of aromatic nitrogens is 2. The number of para-hydroxylation sites is 1. The molecule has 0 bridgehead atoms. The number of nitriles is 1. The molecule has 24 heavy (non-hydrogen) atoms. The van der Waals surface area contributed by atoms with Crippen LogP contribution >= 0.6 is 11.6 Å².